The Kier molecular flexibility index (Phi) is 6.67. The second kappa shape index (κ2) is 7.64. The van der Waals surface area contributed by atoms with Gasteiger partial charge in [-0.1, -0.05) is 0 Å². The summed E-state index contributed by atoms with van der Waals surface area (Å²) in [6, 6.07) is -0.00810. The molecule has 1 unspecified atom stereocenters. The van der Waals surface area contributed by atoms with Gasteiger partial charge >= 0.3 is 0 Å². The third kappa shape index (κ3) is 3.74. The molecule has 2 saturated heterocycles. The lowest BCUT2D eigenvalue weighted by Gasteiger charge is -2.40. The highest BCUT2D eigenvalue weighted by atomic mass is 35.5. The highest BCUT2D eigenvalue weighted by Crippen LogP contribution is 2.29. The van der Waals surface area contributed by atoms with Gasteiger partial charge in [0.2, 0.25) is 5.91 Å². The van der Waals surface area contributed by atoms with Crippen molar-refractivity contribution in [1.29, 1.82) is 0 Å². The van der Waals surface area contributed by atoms with E-state index in [4.69, 9.17) is 4.74 Å². The highest BCUT2D eigenvalue weighted by Gasteiger charge is 2.38. The molecule has 2 aliphatic rings. The van der Waals surface area contributed by atoms with Crippen molar-refractivity contribution in [2.75, 3.05) is 26.2 Å². The van der Waals surface area contributed by atoms with Crippen LogP contribution in [0.5, 0.6) is 0 Å². The normalized spacial score (nSPS) is 27.9. The van der Waals surface area contributed by atoms with Crippen LogP contribution in [-0.4, -0.2) is 52.9 Å². The predicted molar refractivity (Wildman–Crippen MR) is 88.6 cm³/mol. The van der Waals surface area contributed by atoms with Gasteiger partial charge in [0.05, 0.1) is 25.4 Å². The number of rotatable bonds is 2. The smallest absolute Gasteiger partial charge is 0.239 e. The molecule has 2 fully saturated rings. The fourth-order valence-electron chi connectivity index (χ4n) is 3.04. The van der Waals surface area contributed by atoms with E-state index in [2.05, 4.69) is 10.4 Å². The molecule has 8 heteroatoms. The van der Waals surface area contributed by atoms with Crippen LogP contribution in [0.2, 0.25) is 0 Å². The number of nitrogens with zero attached hydrogens (tertiary/aromatic N) is 3. The standard InChI is InChI=1S/C14H22N4O2.2ClH/c1-14(11-8-16-17(2)9-11)10-18(6-7-20-14)13(19)12-4-3-5-15-12;;/h8-9,12,15H,3-7,10H2,1-2H3;2*1H/t12-,14?;;/m0../s1. The van der Waals surface area contributed by atoms with Gasteiger partial charge in [-0.25, -0.2) is 0 Å². The number of halogens is 2. The van der Waals surface area contributed by atoms with Gasteiger partial charge in [-0.2, -0.15) is 5.10 Å². The number of carbonyl (C=O) groups excluding carboxylic acids is 1. The van der Waals surface area contributed by atoms with Crippen LogP contribution in [0.15, 0.2) is 12.4 Å². The van der Waals surface area contributed by atoms with Crippen molar-refractivity contribution in [3.8, 4) is 0 Å². The van der Waals surface area contributed by atoms with Crippen LogP contribution in [0, 0.1) is 0 Å². The Balaban J connectivity index is 0.00000121. The summed E-state index contributed by atoms with van der Waals surface area (Å²) in [4.78, 5) is 14.4. The van der Waals surface area contributed by atoms with Gasteiger partial charge in [0.15, 0.2) is 0 Å². The minimum absolute atomic E-state index is 0. The van der Waals surface area contributed by atoms with Gasteiger partial charge in [0.25, 0.3) is 0 Å². The number of aromatic nitrogens is 2. The van der Waals surface area contributed by atoms with E-state index in [1.54, 1.807) is 4.68 Å². The Morgan fingerprint density at radius 2 is 2.27 bits per heavy atom. The zero-order valence-electron chi connectivity index (χ0n) is 12.9. The van der Waals surface area contributed by atoms with Crippen molar-refractivity contribution in [2.45, 2.75) is 31.4 Å². The van der Waals surface area contributed by atoms with E-state index in [1.165, 1.54) is 0 Å². The molecule has 0 saturated carbocycles. The summed E-state index contributed by atoms with van der Waals surface area (Å²) in [5, 5.41) is 7.48. The third-order valence-electron chi connectivity index (χ3n) is 4.26. The first-order chi connectivity index (χ1) is 9.58. The highest BCUT2D eigenvalue weighted by molar-refractivity contribution is 5.85. The number of nitrogens with one attached hydrogen (secondary N) is 1. The van der Waals surface area contributed by atoms with Crippen molar-refractivity contribution in [3.05, 3.63) is 18.0 Å². The first-order valence-electron chi connectivity index (χ1n) is 7.24. The summed E-state index contributed by atoms with van der Waals surface area (Å²) in [7, 11) is 1.89. The molecule has 0 bridgehead atoms. The molecule has 0 aliphatic carbocycles. The molecular weight excluding hydrogens is 327 g/mol. The SMILES string of the molecule is Cl.Cl.Cn1cc(C2(C)CN(C(=O)[C@@H]3CCCN3)CCO2)cn1. The number of morpholine rings is 1. The first-order valence-corrected chi connectivity index (χ1v) is 7.24. The molecule has 1 aromatic heterocycles. The molecule has 1 amide bonds. The fraction of sp³-hybridized carbons (Fsp3) is 0.714. The number of ether oxygens (including phenoxy) is 1. The first kappa shape index (κ1) is 19.2. The van der Waals surface area contributed by atoms with Gasteiger partial charge < -0.3 is 15.0 Å². The average molecular weight is 351 g/mol. The van der Waals surface area contributed by atoms with Crippen molar-refractivity contribution >= 4 is 30.7 Å². The summed E-state index contributed by atoms with van der Waals surface area (Å²) in [6.45, 7) is 4.82. The minimum Gasteiger partial charge on any atom is -0.367 e. The lowest BCUT2D eigenvalue weighted by Crippen LogP contribution is -2.54. The van der Waals surface area contributed by atoms with E-state index in [0.717, 1.165) is 24.9 Å². The lowest BCUT2D eigenvalue weighted by molar-refractivity contribution is -0.151. The summed E-state index contributed by atoms with van der Waals surface area (Å²) < 4.78 is 7.71. The molecule has 126 valence electrons. The Hall–Kier alpha value is -0.820. The van der Waals surface area contributed by atoms with E-state index in [-0.39, 0.29) is 36.8 Å². The van der Waals surface area contributed by atoms with E-state index in [0.29, 0.717) is 19.7 Å². The Labute approximate surface area is 143 Å². The van der Waals surface area contributed by atoms with E-state index in [9.17, 15) is 4.79 Å². The van der Waals surface area contributed by atoms with Crippen molar-refractivity contribution in [1.82, 2.24) is 20.0 Å². The van der Waals surface area contributed by atoms with Gasteiger partial charge in [0.1, 0.15) is 5.60 Å². The van der Waals surface area contributed by atoms with Crippen LogP contribution in [0.1, 0.15) is 25.3 Å². The van der Waals surface area contributed by atoms with E-state index < -0.39 is 5.60 Å². The van der Waals surface area contributed by atoms with E-state index >= 15 is 0 Å². The van der Waals surface area contributed by atoms with Crippen LogP contribution < -0.4 is 5.32 Å². The van der Waals surface area contributed by atoms with Crippen LogP contribution in [-0.2, 0) is 22.2 Å². The van der Waals surface area contributed by atoms with Gasteiger partial charge in [0, 0.05) is 25.4 Å². The molecule has 2 aliphatic heterocycles. The number of carbonyl (C=O) groups is 1. The molecule has 0 aromatic carbocycles. The zero-order chi connectivity index (χ0) is 14.2. The third-order valence-corrected chi connectivity index (χ3v) is 4.26. The monoisotopic (exact) mass is 350 g/mol. The zero-order valence-corrected chi connectivity index (χ0v) is 14.6. The summed E-state index contributed by atoms with van der Waals surface area (Å²) in [6.07, 6.45) is 5.81. The Bertz CT molecular complexity index is 505. The number of hydrogen-bond donors (Lipinski definition) is 1. The summed E-state index contributed by atoms with van der Waals surface area (Å²) >= 11 is 0. The average Bonchev–Trinajstić information content (AvgIpc) is 3.09. The fourth-order valence-corrected chi connectivity index (χ4v) is 3.04. The molecule has 0 spiro atoms. The molecule has 2 atom stereocenters. The van der Waals surface area contributed by atoms with Crippen molar-refractivity contribution in [2.24, 2.45) is 7.05 Å². The quantitative estimate of drug-likeness (QED) is 0.867. The molecular formula is C14H24Cl2N4O2. The topological polar surface area (TPSA) is 59.4 Å². The maximum Gasteiger partial charge on any atom is 0.239 e. The molecule has 3 heterocycles. The van der Waals surface area contributed by atoms with Gasteiger partial charge in [-0.15, -0.1) is 24.8 Å². The van der Waals surface area contributed by atoms with Crippen LogP contribution in [0.4, 0.5) is 0 Å². The molecule has 1 aromatic rings. The second-order valence-electron chi connectivity index (χ2n) is 5.89. The van der Waals surface area contributed by atoms with Crippen LogP contribution >= 0.6 is 24.8 Å². The Morgan fingerprint density at radius 3 is 2.86 bits per heavy atom. The second-order valence-corrected chi connectivity index (χ2v) is 5.89. The largest absolute Gasteiger partial charge is 0.367 e. The number of amides is 1. The summed E-state index contributed by atoms with van der Waals surface area (Å²) in [5.74, 6) is 0.209. The molecule has 6 nitrogen and oxygen atoms in total. The van der Waals surface area contributed by atoms with Gasteiger partial charge in [-0.3, -0.25) is 9.48 Å². The predicted octanol–water partition coefficient (Wildman–Crippen LogP) is 1.09. The maximum absolute atomic E-state index is 12.5. The molecule has 22 heavy (non-hydrogen) atoms. The van der Waals surface area contributed by atoms with Crippen molar-refractivity contribution in [3.63, 3.8) is 0 Å². The minimum atomic E-state index is -0.458. The number of hydrogen-bond acceptors (Lipinski definition) is 4. The van der Waals surface area contributed by atoms with Crippen LogP contribution in [0.25, 0.3) is 0 Å². The summed E-state index contributed by atoms with van der Waals surface area (Å²) in [5.41, 5.74) is 0.567. The van der Waals surface area contributed by atoms with Gasteiger partial charge in [-0.05, 0) is 26.3 Å². The van der Waals surface area contributed by atoms with Crippen molar-refractivity contribution < 1.29 is 9.53 Å². The maximum atomic E-state index is 12.5. The Morgan fingerprint density at radius 1 is 1.50 bits per heavy atom. The molecule has 0 radical (unpaired) electrons. The molecule has 3 rings (SSSR count). The molecule has 1 N–H and O–H groups in total. The van der Waals surface area contributed by atoms with E-state index in [1.807, 2.05) is 31.3 Å². The number of aryl methyl sites for hydroxylation is 1. The van der Waals surface area contributed by atoms with Crippen LogP contribution in [0.3, 0.4) is 0 Å². The lowest BCUT2D eigenvalue weighted by atomic mass is 9.96.